The summed E-state index contributed by atoms with van der Waals surface area (Å²) in [7, 11) is 0. The first kappa shape index (κ1) is 20.3. The molecule has 122 valence electrons. The van der Waals surface area contributed by atoms with Crippen molar-refractivity contribution in [2.24, 2.45) is 30.0 Å². The van der Waals surface area contributed by atoms with Gasteiger partial charge in [0, 0.05) is 12.8 Å². The fourth-order valence-electron chi connectivity index (χ4n) is 1.65. The van der Waals surface area contributed by atoms with E-state index in [4.69, 9.17) is 0 Å². The van der Waals surface area contributed by atoms with Crippen molar-refractivity contribution in [3.63, 3.8) is 0 Å². The molecule has 0 bridgehead atoms. The quantitative estimate of drug-likeness (QED) is 0.289. The van der Waals surface area contributed by atoms with E-state index >= 15 is 0 Å². The minimum atomic E-state index is -2.05. The average Bonchev–Trinajstić information content (AvgIpc) is 2.53. The third-order valence-corrected chi connectivity index (χ3v) is 2.62. The van der Waals surface area contributed by atoms with Crippen LogP contribution >= 0.6 is 0 Å². The van der Waals surface area contributed by atoms with Gasteiger partial charge in [-0.25, -0.2) is 28.8 Å². The third-order valence-electron chi connectivity index (χ3n) is 2.62. The van der Waals surface area contributed by atoms with E-state index in [2.05, 4.69) is 30.0 Å². The van der Waals surface area contributed by atoms with E-state index in [9.17, 15) is 28.8 Å². The van der Waals surface area contributed by atoms with Crippen LogP contribution in [0.4, 0.5) is 0 Å². The lowest BCUT2D eigenvalue weighted by atomic mass is 10.1. The van der Waals surface area contributed by atoms with Crippen LogP contribution < -0.4 is 0 Å². The molecule has 0 aromatic heterocycles. The van der Waals surface area contributed by atoms with Gasteiger partial charge in [-0.05, 0) is 12.8 Å². The number of carbonyl (C=O) groups excluding carboxylic acids is 6. The molecule has 0 atom stereocenters. The van der Waals surface area contributed by atoms with Crippen LogP contribution in [0.2, 0.25) is 0 Å². The second-order valence-corrected chi connectivity index (χ2v) is 3.97. The number of rotatable bonds is 11. The summed E-state index contributed by atoms with van der Waals surface area (Å²) in [6.07, 6.45) is 6.43. The number of nitrogens with zero attached hydrogens (tertiary/aromatic N) is 6. The minimum absolute atomic E-state index is 0.0838. The predicted molar refractivity (Wildman–Crippen MR) is 72.7 cm³/mol. The van der Waals surface area contributed by atoms with E-state index < -0.39 is 11.6 Å². The van der Waals surface area contributed by atoms with Crippen molar-refractivity contribution in [3.05, 3.63) is 0 Å². The van der Waals surface area contributed by atoms with Crippen LogP contribution in [-0.4, -0.2) is 48.1 Å². The topological polar surface area (TPSA) is 177 Å². The van der Waals surface area contributed by atoms with Crippen molar-refractivity contribution in [3.8, 4) is 0 Å². The molecule has 0 saturated carbocycles. The number of aliphatic imine (C=N–C) groups is 6. The summed E-state index contributed by atoms with van der Waals surface area (Å²) in [5.74, 6) is -4.10. The fourth-order valence-corrected chi connectivity index (χ4v) is 1.65. The monoisotopic (exact) mass is 332 g/mol. The van der Waals surface area contributed by atoms with Gasteiger partial charge in [0.05, 0.1) is 0 Å². The highest BCUT2D eigenvalue weighted by Gasteiger charge is 2.31. The van der Waals surface area contributed by atoms with Crippen molar-refractivity contribution in [1.29, 1.82) is 0 Å². The molecule has 0 aliphatic carbocycles. The van der Waals surface area contributed by atoms with Gasteiger partial charge in [-0.15, -0.1) is 0 Å². The molecule has 0 saturated heterocycles. The SMILES string of the molecule is O=C=NC(CCCCC(N=C=O)(N=C=O)N=C=O)(N=C=O)N=C=O. The summed E-state index contributed by atoms with van der Waals surface area (Å²) >= 11 is 0. The first-order valence-corrected chi connectivity index (χ1v) is 6.12. The Kier molecular flexibility index (Phi) is 9.23. The van der Waals surface area contributed by atoms with Crippen LogP contribution in [0.3, 0.4) is 0 Å². The van der Waals surface area contributed by atoms with Crippen LogP contribution in [-0.2, 0) is 28.8 Å². The number of hydrogen-bond acceptors (Lipinski definition) is 12. The molecule has 12 nitrogen and oxygen atoms in total. The summed E-state index contributed by atoms with van der Waals surface area (Å²) < 4.78 is 0. The summed E-state index contributed by atoms with van der Waals surface area (Å²) in [4.78, 5) is 81.2. The smallest absolute Gasteiger partial charge is 0.211 e. The molecular formula is C12H8N6O6. The Morgan fingerprint density at radius 1 is 0.458 bits per heavy atom. The van der Waals surface area contributed by atoms with Gasteiger partial charge in [0.2, 0.25) is 36.5 Å². The lowest BCUT2D eigenvalue weighted by molar-refractivity contribution is 0.364. The fraction of sp³-hybridized carbons (Fsp3) is 0.500. The Morgan fingerprint density at radius 2 is 0.667 bits per heavy atom. The number of hydrogen-bond donors (Lipinski definition) is 0. The molecule has 0 heterocycles. The lowest BCUT2D eigenvalue weighted by Crippen LogP contribution is -2.23. The summed E-state index contributed by atoms with van der Waals surface area (Å²) in [6.45, 7) is 0. The number of isocyanates is 6. The van der Waals surface area contributed by atoms with Gasteiger partial charge in [-0.2, -0.15) is 30.0 Å². The van der Waals surface area contributed by atoms with Gasteiger partial charge in [0.15, 0.2) is 0 Å². The molecule has 0 amide bonds. The van der Waals surface area contributed by atoms with E-state index in [0.29, 0.717) is 0 Å². The Labute approximate surface area is 133 Å². The highest BCUT2D eigenvalue weighted by atomic mass is 16.1. The van der Waals surface area contributed by atoms with Crippen molar-refractivity contribution in [1.82, 2.24) is 0 Å². The van der Waals surface area contributed by atoms with Crippen molar-refractivity contribution in [2.75, 3.05) is 0 Å². The van der Waals surface area contributed by atoms with E-state index in [1.807, 2.05) is 0 Å². The van der Waals surface area contributed by atoms with Gasteiger partial charge in [-0.1, -0.05) is 0 Å². The molecule has 0 spiro atoms. The van der Waals surface area contributed by atoms with Gasteiger partial charge < -0.3 is 0 Å². The third kappa shape index (κ3) is 6.37. The molecule has 0 N–H and O–H groups in total. The first-order chi connectivity index (χ1) is 11.6. The normalized spacial score (nSPS) is 13.5. The molecule has 0 radical (unpaired) electrons. The predicted octanol–water partition coefficient (Wildman–Crippen LogP) is -0.131. The summed E-state index contributed by atoms with van der Waals surface area (Å²) in [6, 6.07) is 0. The van der Waals surface area contributed by atoms with Crippen molar-refractivity contribution < 1.29 is 28.8 Å². The zero-order valence-corrected chi connectivity index (χ0v) is 12.0. The van der Waals surface area contributed by atoms with Gasteiger partial charge >= 0.3 is 0 Å². The maximum Gasteiger partial charge on any atom is 0.277 e. The highest BCUT2D eigenvalue weighted by Crippen LogP contribution is 2.26. The minimum Gasteiger partial charge on any atom is -0.211 e. The van der Waals surface area contributed by atoms with E-state index in [1.165, 1.54) is 0 Å². The highest BCUT2D eigenvalue weighted by molar-refractivity contribution is 5.43. The Hall–Kier alpha value is -3.72. The number of unbranched alkanes of at least 4 members (excludes halogenated alkanes) is 1. The molecule has 24 heavy (non-hydrogen) atoms. The van der Waals surface area contributed by atoms with E-state index in [0.717, 1.165) is 36.5 Å². The van der Waals surface area contributed by atoms with Crippen LogP contribution in [0.5, 0.6) is 0 Å². The molecule has 0 aliphatic heterocycles. The zero-order chi connectivity index (χ0) is 18.3. The average molecular weight is 332 g/mol. The molecule has 0 aromatic carbocycles. The molecule has 0 rings (SSSR count). The largest absolute Gasteiger partial charge is 0.277 e. The second-order valence-electron chi connectivity index (χ2n) is 3.97. The zero-order valence-electron chi connectivity index (χ0n) is 12.0. The second kappa shape index (κ2) is 10.9. The van der Waals surface area contributed by atoms with Crippen LogP contribution in [0.1, 0.15) is 25.7 Å². The van der Waals surface area contributed by atoms with Crippen LogP contribution in [0.15, 0.2) is 30.0 Å². The van der Waals surface area contributed by atoms with Gasteiger partial charge in [-0.3, -0.25) is 0 Å². The standard InChI is InChI=1S/C12H8N6O6/c19-5-13-11(14-6-20,15-7-21)3-1-2-4-12(16-8-22,17-9-23)18-10-24/h1-4H2. The van der Waals surface area contributed by atoms with Gasteiger partial charge in [0.25, 0.3) is 11.6 Å². The summed E-state index contributed by atoms with van der Waals surface area (Å²) in [5, 5.41) is 0. The maximum atomic E-state index is 10.4. The molecule has 12 heteroatoms. The van der Waals surface area contributed by atoms with Crippen molar-refractivity contribution >= 4 is 36.5 Å². The Bertz CT molecular complexity index is 585. The molecular weight excluding hydrogens is 324 g/mol. The molecule has 0 aliphatic rings. The molecule has 0 fully saturated rings. The molecule has 0 unspecified atom stereocenters. The lowest BCUT2D eigenvalue weighted by Gasteiger charge is -2.17. The van der Waals surface area contributed by atoms with E-state index in [1.54, 1.807) is 0 Å². The Balaban J connectivity index is 5.23. The summed E-state index contributed by atoms with van der Waals surface area (Å²) in [5.41, 5.74) is 0. The van der Waals surface area contributed by atoms with Crippen molar-refractivity contribution in [2.45, 2.75) is 37.3 Å². The first-order valence-electron chi connectivity index (χ1n) is 6.12. The van der Waals surface area contributed by atoms with Gasteiger partial charge in [0.1, 0.15) is 0 Å². The maximum absolute atomic E-state index is 10.4. The van der Waals surface area contributed by atoms with E-state index in [-0.39, 0.29) is 25.7 Å². The van der Waals surface area contributed by atoms with Crippen LogP contribution in [0.25, 0.3) is 0 Å². The molecule has 0 aromatic rings. The van der Waals surface area contributed by atoms with Crippen LogP contribution in [0, 0.1) is 0 Å². The Morgan fingerprint density at radius 3 is 0.833 bits per heavy atom.